The van der Waals surface area contributed by atoms with Gasteiger partial charge in [-0.25, -0.2) is 8.42 Å². The summed E-state index contributed by atoms with van der Waals surface area (Å²) in [6, 6.07) is 12.5. The molecular formula is C25H28ClN3O6S. The summed E-state index contributed by atoms with van der Waals surface area (Å²) in [5.41, 5.74) is 2.36. The van der Waals surface area contributed by atoms with E-state index in [4.69, 9.17) is 21.1 Å². The summed E-state index contributed by atoms with van der Waals surface area (Å²) in [6.45, 7) is 5.08. The number of nitrogens with one attached hydrogen (secondary N) is 1. The van der Waals surface area contributed by atoms with E-state index in [-0.39, 0.29) is 10.8 Å². The standard InChI is InChI=1S/C25H28ClN3O6S/c1-15(2)35-24(30)14-36(32,33)19-9-6-17(7-10-19)16(3)27-25(31)22-13-21(28-29(22)4)18-8-11-20(26)23(12-18)34-5/h6-13,15-16H,14H2,1-5H3,(H,27,31)/t16-/m1/s1. The minimum absolute atomic E-state index is 0.000140. The summed E-state index contributed by atoms with van der Waals surface area (Å²) in [5.74, 6) is -1.39. The van der Waals surface area contributed by atoms with E-state index in [0.29, 0.717) is 27.7 Å². The normalized spacial score (nSPS) is 12.3. The van der Waals surface area contributed by atoms with Crippen LogP contribution in [0.5, 0.6) is 5.75 Å². The Balaban J connectivity index is 1.71. The van der Waals surface area contributed by atoms with Crippen LogP contribution in [0, 0.1) is 0 Å². The molecule has 0 saturated carbocycles. The zero-order valence-corrected chi connectivity index (χ0v) is 22.2. The first kappa shape index (κ1) is 27.2. The molecule has 192 valence electrons. The van der Waals surface area contributed by atoms with Gasteiger partial charge in [0.1, 0.15) is 11.4 Å². The van der Waals surface area contributed by atoms with Gasteiger partial charge in [-0.05, 0) is 56.7 Å². The molecule has 0 aliphatic rings. The highest BCUT2D eigenvalue weighted by Gasteiger charge is 2.22. The zero-order chi connectivity index (χ0) is 26.6. The molecule has 3 aromatic rings. The van der Waals surface area contributed by atoms with Crippen molar-refractivity contribution in [2.24, 2.45) is 7.05 Å². The van der Waals surface area contributed by atoms with E-state index in [0.717, 1.165) is 5.56 Å². The number of aryl methyl sites for hydroxylation is 1. The Kier molecular flexibility index (Phi) is 8.42. The molecule has 36 heavy (non-hydrogen) atoms. The fourth-order valence-corrected chi connectivity index (χ4v) is 4.78. The highest BCUT2D eigenvalue weighted by Crippen LogP contribution is 2.30. The van der Waals surface area contributed by atoms with Crippen molar-refractivity contribution >= 4 is 33.3 Å². The molecule has 1 aromatic heterocycles. The number of amides is 1. The molecule has 0 bridgehead atoms. The van der Waals surface area contributed by atoms with Gasteiger partial charge in [-0.1, -0.05) is 29.8 Å². The van der Waals surface area contributed by atoms with E-state index in [1.165, 1.54) is 23.9 Å². The van der Waals surface area contributed by atoms with E-state index in [9.17, 15) is 18.0 Å². The number of benzene rings is 2. The third-order valence-corrected chi connectivity index (χ3v) is 7.24. The second-order valence-corrected chi connectivity index (χ2v) is 10.8. The molecule has 0 unspecified atom stereocenters. The number of nitrogens with zero attached hydrogens (tertiary/aromatic N) is 2. The average molecular weight is 534 g/mol. The van der Waals surface area contributed by atoms with Crippen molar-refractivity contribution in [2.45, 2.75) is 37.8 Å². The molecule has 1 atom stereocenters. The Hall–Kier alpha value is -3.37. The number of carbonyl (C=O) groups excluding carboxylic acids is 2. The first-order valence-electron chi connectivity index (χ1n) is 11.1. The van der Waals surface area contributed by atoms with Crippen LogP contribution in [0.1, 0.15) is 42.9 Å². The van der Waals surface area contributed by atoms with Crippen molar-refractivity contribution in [1.82, 2.24) is 15.1 Å². The molecule has 0 radical (unpaired) electrons. The molecule has 2 aromatic carbocycles. The second-order valence-electron chi connectivity index (χ2n) is 8.45. The van der Waals surface area contributed by atoms with Crippen LogP contribution >= 0.6 is 11.6 Å². The molecule has 0 aliphatic heterocycles. The lowest BCUT2D eigenvalue weighted by atomic mass is 10.1. The number of esters is 1. The Labute approximate surface area is 215 Å². The Morgan fingerprint density at radius 2 is 1.75 bits per heavy atom. The number of hydrogen-bond acceptors (Lipinski definition) is 7. The van der Waals surface area contributed by atoms with Crippen LogP contribution in [-0.4, -0.2) is 49.0 Å². The molecule has 3 rings (SSSR count). The topological polar surface area (TPSA) is 117 Å². The zero-order valence-electron chi connectivity index (χ0n) is 20.6. The van der Waals surface area contributed by atoms with Crippen molar-refractivity contribution in [1.29, 1.82) is 0 Å². The van der Waals surface area contributed by atoms with Crippen molar-refractivity contribution in [3.05, 3.63) is 64.8 Å². The van der Waals surface area contributed by atoms with Gasteiger partial charge in [-0.2, -0.15) is 5.10 Å². The Bertz CT molecular complexity index is 1370. The van der Waals surface area contributed by atoms with E-state index in [2.05, 4.69) is 10.4 Å². The number of halogens is 1. The van der Waals surface area contributed by atoms with E-state index in [1.807, 2.05) is 0 Å². The van der Waals surface area contributed by atoms with Crippen LogP contribution in [0.3, 0.4) is 0 Å². The highest BCUT2D eigenvalue weighted by molar-refractivity contribution is 7.92. The van der Waals surface area contributed by atoms with Gasteiger partial charge in [-0.3, -0.25) is 14.3 Å². The summed E-state index contributed by atoms with van der Waals surface area (Å²) in [5, 5.41) is 7.78. The van der Waals surface area contributed by atoms with Gasteiger partial charge >= 0.3 is 5.97 Å². The number of hydrogen-bond donors (Lipinski definition) is 1. The fourth-order valence-electron chi connectivity index (χ4n) is 3.49. The fraction of sp³-hybridized carbons (Fsp3) is 0.320. The summed E-state index contributed by atoms with van der Waals surface area (Å²) >= 11 is 6.09. The van der Waals surface area contributed by atoms with Gasteiger partial charge < -0.3 is 14.8 Å². The predicted octanol–water partition coefficient (Wildman–Crippen LogP) is 3.97. The van der Waals surface area contributed by atoms with Gasteiger partial charge in [0, 0.05) is 12.6 Å². The third-order valence-electron chi connectivity index (χ3n) is 5.32. The van der Waals surface area contributed by atoms with Crippen LogP contribution < -0.4 is 10.1 Å². The van der Waals surface area contributed by atoms with E-state index in [1.54, 1.807) is 64.2 Å². The minimum Gasteiger partial charge on any atom is -0.495 e. The van der Waals surface area contributed by atoms with Gasteiger partial charge in [0.25, 0.3) is 5.91 Å². The number of ether oxygens (including phenoxy) is 2. The van der Waals surface area contributed by atoms with Gasteiger partial charge in [0.05, 0.1) is 34.9 Å². The lowest BCUT2D eigenvalue weighted by molar-refractivity contribution is -0.144. The summed E-state index contributed by atoms with van der Waals surface area (Å²) in [7, 11) is -0.654. The van der Waals surface area contributed by atoms with Gasteiger partial charge in [0.15, 0.2) is 15.6 Å². The Morgan fingerprint density at radius 1 is 1.08 bits per heavy atom. The maximum absolute atomic E-state index is 12.9. The lowest BCUT2D eigenvalue weighted by Crippen LogP contribution is -2.28. The van der Waals surface area contributed by atoms with E-state index < -0.39 is 33.7 Å². The number of carbonyl (C=O) groups is 2. The molecule has 0 spiro atoms. The molecular weight excluding hydrogens is 506 g/mol. The number of sulfone groups is 1. The molecule has 11 heteroatoms. The predicted molar refractivity (Wildman–Crippen MR) is 136 cm³/mol. The number of aromatic nitrogens is 2. The molecule has 0 saturated heterocycles. The monoisotopic (exact) mass is 533 g/mol. The third kappa shape index (κ3) is 6.44. The summed E-state index contributed by atoms with van der Waals surface area (Å²) in [4.78, 5) is 24.7. The van der Waals surface area contributed by atoms with Crippen molar-refractivity contribution in [3.63, 3.8) is 0 Å². The molecule has 1 heterocycles. The number of methoxy groups -OCH3 is 1. The largest absolute Gasteiger partial charge is 0.495 e. The van der Waals surface area contributed by atoms with Crippen LogP contribution in [-0.2, 0) is 26.4 Å². The molecule has 1 N–H and O–H groups in total. The van der Waals surface area contributed by atoms with Crippen LogP contribution in [0.2, 0.25) is 5.02 Å². The average Bonchev–Trinajstić information content (AvgIpc) is 3.20. The Morgan fingerprint density at radius 3 is 2.36 bits per heavy atom. The quantitative estimate of drug-likeness (QED) is 0.414. The maximum atomic E-state index is 12.9. The molecule has 0 aliphatic carbocycles. The van der Waals surface area contributed by atoms with E-state index >= 15 is 0 Å². The van der Waals surface area contributed by atoms with Crippen molar-refractivity contribution in [3.8, 4) is 17.0 Å². The minimum atomic E-state index is -3.84. The first-order chi connectivity index (χ1) is 16.9. The van der Waals surface area contributed by atoms with Crippen LogP contribution in [0.15, 0.2) is 53.4 Å². The van der Waals surface area contributed by atoms with Crippen molar-refractivity contribution in [2.75, 3.05) is 12.9 Å². The summed E-state index contributed by atoms with van der Waals surface area (Å²) < 4.78 is 36.6. The lowest BCUT2D eigenvalue weighted by Gasteiger charge is -2.15. The maximum Gasteiger partial charge on any atom is 0.321 e. The smallest absolute Gasteiger partial charge is 0.321 e. The molecule has 9 nitrogen and oxygen atoms in total. The van der Waals surface area contributed by atoms with Crippen LogP contribution in [0.25, 0.3) is 11.3 Å². The van der Waals surface area contributed by atoms with Gasteiger partial charge in [0.2, 0.25) is 0 Å². The number of rotatable bonds is 9. The highest BCUT2D eigenvalue weighted by atomic mass is 35.5. The van der Waals surface area contributed by atoms with Crippen LogP contribution in [0.4, 0.5) is 0 Å². The first-order valence-corrected chi connectivity index (χ1v) is 13.1. The van der Waals surface area contributed by atoms with Crippen molar-refractivity contribution < 1.29 is 27.5 Å². The second kappa shape index (κ2) is 11.1. The summed E-state index contributed by atoms with van der Waals surface area (Å²) in [6.07, 6.45) is -0.399. The molecule has 0 fully saturated rings. The molecule has 1 amide bonds. The SMILES string of the molecule is COc1cc(-c2cc(C(=O)N[C@H](C)c3ccc(S(=O)(=O)CC(=O)OC(C)C)cc3)n(C)n2)ccc1Cl. The van der Waals surface area contributed by atoms with Gasteiger partial charge in [-0.15, -0.1) is 0 Å².